The van der Waals surface area contributed by atoms with Crippen LogP contribution in [0.3, 0.4) is 0 Å². The van der Waals surface area contributed by atoms with Gasteiger partial charge in [-0.25, -0.2) is 0 Å². The van der Waals surface area contributed by atoms with E-state index < -0.39 is 35.6 Å². The summed E-state index contributed by atoms with van der Waals surface area (Å²) in [5.74, 6) is -1.68. The van der Waals surface area contributed by atoms with Gasteiger partial charge in [-0.1, -0.05) is 33.6 Å². The van der Waals surface area contributed by atoms with E-state index in [0.29, 0.717) is 37.4 Å². The smallest absolute Gasteiger partial charge is 0.245 e. The number of aliphatic hydroxyl groups excluding tert-OH is 1. The lowest BCUT2D eigenvalue weighted by molar-refractivity contribution is -0.146. The summed E-state index contributed by atoms with van der Waals surface area (Å²) in [6.45, 7) is 8.65. The number of amides is 3. The Morgan fingerprint density at radius 2 is 1.92 bits per heavy atom. The molecule has 9 heteroatoms. The summed E-state index contributed by atoms with van der Waals surface area (Å²) in [6, 6.07) is 5.68. The Morgan fingerprint density at radius 3 is 2.54 bits per heavy atom. The van der Waals surface area contributed by atoms with Gasteiger partial charge in [-0.2, -0.15) is 0 Å². The molecule has 9 nitrogen and oxygen atoms in total. The van der Waals surface area contributed by atoms with Crippen molar-refractivity contribution in [2.75, 3.05) is 25.1 Å². The van der Waals surface area contributed by atoms with E-state index in [2.05, 4.69) is 17.6 Å². The van der Waals surface area contributed by atoms with Crippen LogP contribution in [0.25, 0.3) is 0 Å². The van der Waals surface area contributed by atoms with Crippen LogP contribution in [0.5, 0.6) is 5.75 Å². The van der Waals surface area contributed by atoms with E-state index in [9.17, 15) is 19.5 Å². The Balaban J connectivity index is 1.61. The third kappa shape index (κ3) is 4.95. The van der Waals surface area contributed by atoms with Crippen molar-refractivity contribution in [3.8, 4) is 5.75 Å². The molecule has 1 aromatic carbocycles. The molecule has 0 aromatic heterocycles. The summed E-state index contributed by atoms with van der Waals surface area (Å²) in [7, 11) is 0. The maximum atomic E-state index is 14.0. The van der Waals surface area contributed by atoms with Crippen molar-refractivity contribution < 1.29 is 29.0 Å². The third-order valence-electron chi connectivity index (χ3n) is 8.12. The fourth-order valence-electron chi connectivity index (χ4n) is 6.38. The van der Waals surface area contributed by atoms with Crippen molar-refractivity contribution in [3.05, 3.63) is 24.3 Å². The Bertz CT molecular complexity index is 983. The molecule has 204 valence electrons. The predicted molar refractivity (Wildman–Crippen MR) is 139 cm³/mol. The average Bonchev–Trinajstić information content (AvgIpc) is 3.51. The molecule has 3 amide bonds. The van der Waals surface area contributed by atoms with E-state index in [1.165, 1.54) is 4.90 Å². The van der Waals surface area contributed by atoms with E-state index >= 15 is 0 Å². The lowest BCUT2D eigenvalue weighted by atomic mass is 9.70. The van der Waals surface area contributed by atoms with E-state index in [-0.39, 0.29) is 30.2 Å². The van der Waals surface area contributed by atoms with Gasteiger partial charge in [-0.15, -0.1) is 0 Å². The van der Waals surface area contributed by atoms with Crippen LogP contribution in [-0.4, -0.2) is 71.3 Å². The number of nitrogens with one attached hydrogen (secondary N) is 2. The van der Waals surface area contributed by atoms with Gasteiger partial charge in [-0.3, -0.25) is 14.4 Å². The summed E-state index contributed by atoms with van der Waals surface area (Å²) in [6.07, 6.45) is 3.58. The van der Waals surface area contributed by atoms with Crippen molar-refractivity contribution in [2.24, 2.45) is 17.8 Å². The summed E-state index contributed by atoms with van der Waals surface area (Å²) in [5, 5.41) is 16.2. The molecular formula is C28H41N3O6. The minimum atomic E-state index is -1.07. The summed E-state index contributed by atoms with van der Waals surface area (Å²) >= 11 is 0. The standard InChI is InChI=1S/C28H41N3O6/c1-5-7-8-15-29-26(34)24-28-14-13-21(37-28)22(23(28)27(35)31(24)20(16-32)17(3)4)25(33)30-18-9-11-19(12-10-18)36-6-2/h9-12,17,20-24,32H,5-8,13-16H2,1-4H3,(H,29,34)(H,30,33)/t20-,21+,22-,23-,24?,28?/m0/s1. The number of aliphatic hydroxyl groups is 1. The molecule has 1 aromatic rings. The highest BCUT2D eigenvalue weighted by Gasteiger charge is 2.75. The zero-order chi connectivity index (χ0) is 26.7. The second-order valence-electron chi connectivity index (χ2n) is 10.7. The highest BCUT2D eigenvalue weighted by molar-refractivity contribution is 6.02. The molecule has 2 bridgehead atoms. The quantitative estimate of drug-likeness (QED) is 0.369. The van der Waals surface area contributed by atoms with Gasteiger partial charge < -0.3 is 30.1 Å². The lowest BCUT2D eigenvalue weighted by Gasteiger charge is -2.38. The number of carbonyl (C=O) groups is 3. The first kappa shape index (κ1) is 27.4. The molecule has 3 aliphatic heterocycles. The molecule has 0 aliphatic carbocycles. The largest absolute Gasteiger partial charge is 0.494 e. The van der Waals surface area contributed by atoms with Crippen LogP contribution in [0.15, 0.2) is 24.3 Å². The van der Waals surface area contributed by atoms with Crippen molar-refractivity contribution in [3.63, 3.8) is 0 Å². The SMILES string of the molecule is CCCCCNC(=O)C1N([C@@H](CO)C(C)C)C(=O)[C@@H]2[C@@H](C(=O)Nc3ccc(OCC)cc3)[C@H]3CCC12O3. The van der Waals surface area contributed by atoms with Crippen molar-refractivity contribution >= 4 is 23.4 Å². The van der Waals surface area contributed by atoms with Crippen LogP contribution >= 0.6 is 0 Å². The van der Waals surface area contributed by atoms with Crippen LogP contribution in [0.4, 0.5) is 5.69 Å². The molecule has 2 unspecified atom stereocenters. The number of anilines is 1. The highest BCUT2D eigenvalue weighted by Crippen LogP contribution is 2.59. The minimum Gasteiger partial charge on any atom is -0.494 e. The van der Waals surface area contributed by atoms with Gasteiger partial charge in [0.25, 0.3) is 0 Å². The number of likely N-dealkylation sites (tertiary alicyclic amines) is 1. The molecule has 3 N–H and O–H groups in total. The summed E-state index contributed by atoms with van der Waals surface area (Å²) in [4.78, 5) is 42.7. The zero-order valence-electron chi connectivity index (χ0n) is 22.4. The number of unbranched alkanes of at least 4 members (excludes halogenated alkanes) is 2. The second kappa shape index (κ2) is 11.4. The molecule has 3 heterocycles. The number of ether oxygens (including phenoxy) is 2. The lowest BCUT2D eigenvalue weighted by Crippen LogP contribution is -2.59. The monoisotopic (exact) mass is 515 g/mol. The van der Waals surface area contributed by atoms with E-state index in [0.717, 1.165) is 19.3 Å². The number of nitrogens with zero attached hydrogens (tertiary/aromatic N) is 1. The Kier molecular flexibility index (Phi) is 8.43. The van der Waals surface area contributed by atoms with E-state index in [4.69, 9.17) is 9.47 Å². The van der Waals surface area contributed by atoms with Gasteiger partial charge in [0.05, 0.1) is 37.2 Å². The molecule has 1 spiro atoms. The molecule has 3 fully saturated rings. The number of carbonyl (C=O) groups excluding carboxylic acids is 3. The van der Waals surface area contributed by atoms with Crippen molar-refractivity contribution in [1.29, 1.82) is 0 Å². The second-order valence-corrected chi connectivity index (χ2v) is 10.7. The maximum Gasteiger partial charge on any atom is 0.245 e. The first-order chi connectivity index (χ1) is 17.8. The first-order valence-electron chi connectivity index (χ1n) is 13.7. The fraction of sp³-hybridized carbons (Fsp3) is 0.679. The molecule has 3 aliphatic rings. The maximum absolute atomic E-state index is 14.0. The molecule has 3 saturated heterocycles. The van der Waals surface area contributed by atoms with Gasteiger partial charge >= 0.3 is 0 Å². The minimum absolute atomic E-state index is 0.0760. The molecule has 6 atom stereocenters. The Labute approximate surface area is 219 Å². The van der Waals surface area contributed by atoms with Crippen LogP contribution in [0, 0.1) is 17.8 Å². The van der Waals surface area contributed by atoms with Gasteiger partial charge in [0.1, 0.15) is 17.4 Å². The first-order valence-corrected chi connectivity index (χ1v) is 13.7. The number of hydrogen-bond acceptors (Lipinski definition) is 6. The normalized spacial score (nSPS) is 28.9. The summed E-state index contributed by atoms with van der Waals surface area (Å²) in [5.41, 5.74) is -0.465. The molecule has 0 radical (unpaired) electrons. The highest BCUT2D eigenvalue weighted by atomic mass is 16.5. The van der Waals surface area contributed by atoms with Crippen LogP contribution in [0.2, 0.25) is 0 Å². The van der Waals surface area contributed by atoms with Crippen LogP contribution in [0.1, 0.15) is 59.8 Å². The average molecular weight is 516 g/mol. The van der Waals surface area contributed by atoms with Gasteiger partial charge in [0.2, 0.25) is 17.7 Å². The van der Waals surface area contributed by atoms with E-state index in [1.807, 2.05) is 20.8 Å². The van der Waals surface area contributed by atoms with Crippen LogP contribution < -0.4 is 15.4 Å². The van der Waals surface area contributed by atoms with Gasteiger partial charge in [0.15, 0.2) is 0 Å². The summed E-state index contributed by atoms with van der Waals surface area (Å²) < 4.78 is 11.9. The number of hydrogen-bond donors (Lipinski definition) is 3. The van der Waals surface area contributed by atoms with Crippen molar-refractivity contribution in [1.82, 2.24) is 10.2 Å². The van der Waals surface area contributed by atoms with Gasteiger partial charge in [-0.05, 0) is 56.4 Å². The molecule has 37 heavy (non-hydrogen) atoms. The molecule has 0 saturated carbocycles. The third-order valence-corrected chi connectivity index (χ3v) is 8.12. The Morgan fingerprint density at radius 1 is 1.19 bits per heavy atom. The number of rotatable bonds is 12. The van der Waals surface area contributed by atoms with Crippen LogP contribution in [-0.2, 0) is 19.1 Å². The Hall–Kier alpha value is -2.65. The van der Waals surface area contributed by atoms with Gasteiger partial charge in [0, 0.05) is 12.2 Å². The zero-order valence-corrected chi connectivity index (χ0v) is 22.4. The predicted octanol–water partition coefficient (Wildman–Crippen LogP) is 2.72. The number of fused-ring (bicyclic) bond motifs is 1. The topological polar surface area (TPSA) is 117 Å². The fourth-order valence-corrected chi connectivity index (χ4v) is 6.38. The van der Waals surface area contributed by atoms with Crippen molar-refractivity contribution in [2.45, 2.75) is 83.6 Å². The number of benzene rings is 1. The molecular weight excluding hydrogens is 474 g/mol. The van der Waals surface area contributed by atoms with E-state index in [1.54, 1.807) is 24.3 Å². The molecule has 4 rings (SSSR count).